The summed E-state index contributed by atoms with van der Waals surface area (Å²) in [6, 6.07) is 12.4. The maximum absolute atomic E-state index is 13.7. The van der Waals surface area contributed by atoms with Crippen LogP contribution in [-0.2, 0) is 22.4 Å². The summed E-state index contributed by atoms with van der Waals surface area (Å²) in [6.07, 6.45) is 2.44. The molecule has 0 spiro atoms. The Morgan fingerprint density at radius 2 is 0.886 bits per heavy atom. The van der Waals surface area contributed by atoms with Crippen molar-refractivity contribution in [2.45, 2.75) is 25.7 Å². The molecule has 0 bridgehead atoms. The van der Waals surface area contributed by atoms with Gasteiger partial charge in [0.2, 0.25) is 11.5 Å². The van der Waals surface area contributed by atoms with Gasteiger partial charge >= 0.3 is 0 Å². The van der Waals surface area contributed by atoms with Gasteiger partial charge in [-0.25, -0.2) is 0 Å². The summed E-state index contributed by atoms with van der Waals surface area (Å²) >= 11 is 0. The number of methoxy groups -OCH3 is 8. The van der Waals surface area contributed by atoms with Crippen molar-refractivity contribution in [3.63, 3.8) is 0 Å². The summed E-state index contributed by atoms with van der Waals surface area (Å²) < 4.78 is 43.4. The van der Waals surface area contributed by atoms with Crippen LogP contribution in [0.4, 0.5) is 0 Å². The smallest absolute Gasteiger partial charge is 0.203 e. The monoisotopic (exact) mass is 608 g/mol. The summed E-state index contributed by atoms with van der Waals surface area (Å²) in [6.45, 7) is 0. The zero-order valence-corrected chi connectivity index (χ0v) is 26.5. The van der Waals surface area contributed by atoms with Gasteiger partial charge in [-0.2, -0.15) is 0 Å². The van der Waals surface area contributed by atoms with Gasteiger partial charge in [-0.1, -0.05) is 6.07 Å². The summed E-state index contributed by atoms with van der Waals surface area (Å²) in [5.74, 6) is 3.26. The number of Topliss-reactive ketones (excluding diaryl/α,β-unsaturated/α-hetero) is 2. The van der Waals surface area contributed by atoms with E-state index in [1.807, 2.05) is 0 Å². The number of carbonyl (C=O) groups is 2. The molecule has 0 N–H and O–H groups in total. The van der Waals surface area contributed by atoms with E-state index in [0.717, 1.165) is 11.1 Å². The number of benzene rings is 3. The minimum atomic E-state index is -0.302. The highest BCUT2D eigenvalue weighted by molar-refractivity contribution is 6.23. The second-order valence-corrected chi connectivity index (χ2v) is 9.59. The Kier molecular flexibility index (Phi) is 12.3. The molecule has 236 valence electrons. The molecule has 0 aliphatic rings. The van der Waals surface area contributed by atoms with E-state index in [-0.39, 0.29) is 30.0 Å². The molecular formula is C34H40O10. The van der Waals surface area contributed by atoms with Crippen molar-refractivity contribution >= 4 is 17.6 Å². The van der Waals surface area contributed by atoms with Crippen LogP contribution in [0.3, 0.4) is 0 Å². The summed E-state index contributed by atoms with van der Waals surface area (Å²) in [7, 11) is 12.2. The molecule has 44 heavy (non-hydrogen) atoms. The molecule has 0 amide bonds. The van der Waals surface area contributed by atoms with Gasteiger partial charge < -0.3 is 37.9 Å². The van der Waals surface area contributed by atoms with E-state index in [9.17, 15) is 9.59 Å². The highest BCUT2D eigenvalue weighted by Crippen LogP contribution is 2.40. The van der Waals surface area contributed by atoms with Crippen LogP contribution in [0.2, 0.25) is 0 Å². The van der Waals surface area contributed by atoms with E-state index >= 15 is 0 Å². The maximum atomic E-state index is 13.7. The van der Waals surface area contributed by atoms with E-state index in [0.29, 0.717) is 64.4 Å². The highest BCUT2D eigenvalue weighted by atomic mass is 16.5. The lowest BCUT2D eigenvalue weighted by Gasteiger charge is -2.15. The van der Waals surface area contributed by atoms with Crippen molar-refractivity contribution in [1.82, 2.24) is 0 Å². The van der Waals surface area contributed by atoms with E-state index in [4.69, 9.17) is 37.9 Å². The van der Waals surface area contributed by atoms with Crippen LogP contribution in [0.5, 0.6) is 46.0 Å². The number of aryl methyl sites for hydroxylation is 2. The molecule has 0 radical (unpaired) electrons. The molecule has 0 aliphatic heterocycles. The second kappa shape index (κ2) is 16.1. The van der Waals surface area contributed by atoms with Gasteiger partial charge in [-0.3, -0.25) is 9.59 Å². The number of ether oxygens (including phenoxy) is 8. The zero-order valence-electron chi connectivity index (χ0n) is 26.5. The summed E-state index contributed by atoms with van der Waals surface area (Å²) in [5, 5.41) is 0. The van der Waals surface area contributed by atoms with E-state index in [1.165, 1.54) is 56.9 Å². The SMILES string of the molecule is COc1ccc(C=C(C(=O)CCc2cc(OC)c(OC)c(OC)c2)C(=O)CCc2cc(OC)c(OC)c(OC)c2)cc1OC. The molecule has 3 rings (SSSR count). The van der Waals surface area contributed by atoms with Crippen LogP contribution in [-0.4, -0.2) is 68.4 Å². The van der Waals surface area contributed by atoms with Crippen molar-refractivity contribution in [1.29, 1.82) is 0 Å². The average Bonchev–Trinajstić information content (AvgIpc) is 3.06. The molecule has 0 saturated carbocycles. The number of carbonyl (C=O) groups excluding carboxylic acids is 2. The first-order valence-electron chi connectivity index (χ1n) is 13.8. The maximum Gasteiger partial charge on any atom is 0.203 e. The lowest BCUT2D eigenvalue weighted by Crippen LogP contribution is -2.15. The normalized spacial score (nSPS) is 10.4. The molecule has 10 nitrogen and oxygen atoms in total. The third-order valence-electron chi connectivity index (χ3n) is 7.05. The standard InChI is InChI=1S/C34H40O10/c1-37-27-14-11-21(16-28(27)38-2)15-24(25(35)12-9-22-17-29(39-3)33(43-7)30(18-22)40-4)26(36)13-10-23-19-31(41-5)34(44-8)32(20-23)42-6/h11,14-20H,9-10,12-13H2,1-8H3. The first kappa shape index (κ1) is 33.6. The quantitative estimate of drug-likeness (QED) is 0.110. The number of ketones is 2. The fourth-order valence-corrected chi connectivity index (χ4v) is 4.77. The molecule has 0 aromatic heterocycles. The third-order valence-corrected chi connectivity index (χ3v) is 7.05. The Morgan fingerprint density at radius 1 is 0.500 bits per heavy atom. The van der Waals surface area contributed by atoms with Crippen LogP contribution in [0.25, 0.3) is 6.08 Å². The van der Waals surface area contributed by atoms with Gasteiger partial charge in [0.1, 0.15) is 0 Å². The van der Waals surface area contributed by atoms with Gasteiger partial charge in [0, 0.05) is 12.8 Å². The van der Waals surface area contributed by atoms with E-state index in [2.05, 4.69) is 0 Å². The van der Waals surface area contributed by atoms with Crippen LogP contribution >= 0.6 is 0 Å². The summed E-state index contributed by atoms with van der Waals surface area (Å²) in [4.78, 5) is 27.4. The van der Waals surface area contributed by atoms with Gasteiger partial charge in [-0.05, 0) is 72.0 Å². The van der Waals surface area contributed by atoms with Gasteiger partial charge in [0.05, 0.1) is 62.5 Å². The lowest BCUT2D eigenvalue weighted by atomic mass is 9.94. The van der Waals surface area contributed by atoms with Crippen molar-refractivity contribution in [3.8, 4) is 46.0 Å². The molecule has 0 heterocycles. The fourth-order valence-electron chi connectivity index (χ4n) is 4.77. The molecule has 0 saturated heterocycles. The predicted molar refractivity (Wildman–Crippen MR) is 166 cm³/mol. The molecule has 3 aromatic rings. The van der Waals surface area contributed by atoms with Crippen LogP contribution in [0.1, 0.15) is 29.5 Å². The number of rotatable bonds is 17. The fraction of sp³-hybridized carbons (Fsp3) is 0.353. The Bertz CT molecular complexity index is 1360. The zero-order chi connectivity index (χ0) is 32.2. The van der Waals surface area contributed by atoms with E-state index in [1.54, 1.807) is 48.5 Å². The topological polar surface area (TPSA) is 108 Å². The van der Waals surface area contributed by atoms with E-state index < -0.39 is 0 Å². The number of hydrogen-bond donors (Lipinski definition) is 0. The van der Waals surface area contributed by atoms with Crippen molar-refractivity contribution in [2.75, 3.05) is 56.9 Å². The Hall–Kier alpha value is -4.86. The van der Waals surface area contributed by atoms with Crippen molar-refractivity contribution < 1.29 is 47.5 Å². The average molecular weight is 609 g/mol. The Morgan fingerprint density at radius 3 is 1.23 bits per heavy atom. The van der Waals surface area contributed by atoms with Crippen molar-refractivity contribution in [2.24, 2.45) is 0 Å². The third kappa shape index (κ3) is 7.94. The lowest BCUT2D eigenvalue weighted by molar-refractivity contribution is -0.121. The second-order valence-electron chi connectivity index (χ2n) is 9.59. The largest absolute Gasteiger partial charge is 0.493 e. The molecular weight excluding hydrogens is 568 g/mol. The first-order valence-corrected chi connectivity index (χ1v) is 13.8. The molecule has 0 atom stereocenters. The Balaban J connectivity index is 1.93. The van der Waals surface area contributed by atoms with Crippen LogP contribution in [0, 0.1) is 0 Å². The molecule has 10 heteroatoms. The van der Waals surface area contributed by atoms with Gasteiger partial charge in [0.15, 0.2) is 46.1 Å². The summed E-state index contributed by atoms with van der Waals surface area (Å²) in [5.41, 5.74) is 2.29. The Labute approximate surface area is 258 Å². The minimum Gasteiger partial charge on any atom is -0.493 e. The van der Waals surface area contributed by atoms with Gasteiger partial charge in [-0.15, -0.1) is 0 Å². The molecule has 3 aromatic carbocycles. The molecule has 0 aliphatic carbocycles. The highest BCUT2D eigenvalue weighted by Gasteiger charge is 2.21. The molecule has 0 fully saturated rings. The predicted octanol–water partition coefficient (Wildman–Crippen LogP) is 5.54. The van der Waals surface area contributed by atoms with Crippen LogP contribution in [0.15, 0.2) is 48.0 Å². The first-order chi connectivity index (χ1) is 21.3. The van der Waals surface area contributed by atoms with Crippen molar-refractivity contribution in [3.05, 3.63) is 64.7 Å². The van der Waals surface area contributed by atoms with Crippen LogP contribution < -0.4 is 37.9 Å². The van der Waals surface area contributed by atoms with Gasteiger partial charge in [0.25, 0.3) is 0 Å². The molecule has 0 unspecified atom stereocenters. The number of allylic oxidation sites excluding steroid dienone is 1. The minimum absolute atomic E-state index is 0.0771. The number of hydrogen-bond acceptors (Lipinski definition) is 10.